The van der Waals surface area contributed by atoms with Crippen LogP contribution in [0.25, 0.3) is 0 Å². The van der Waals surface area contributed by atoms with Gasteiger partial charge in [0.25, 0.3) is 5.91 Å². The fraction of sp³-hybridized carbons (Fsp3) is 0.500. The van der Waals surface area contributed by atoms with Crippen molar-refractivity contribution in [2.45, 2.75) is 51.6 Å². The summed E-state index contributed by atoms with van der Waals surface area (Å²) in [6, 6.07) is 11.9. The van der Waals surface area contributed by atoms with E-state index < -0.39 is 53.5 Å². The van der Waals surface area contributed by atoms with Gasteiger partial charge in [0.05, 0.1) is 22.2 Å². The molecule has 1 aromatic heterocycles. The molecule has 0 aliphatic carbocycles. The summed E-state index contributed by atoms with van der Waals surface area (Å²) in [6.45, 7) is 2.71. The third-order valence-corrected chi connectivity index (χ3v) is 7.20. The van der Waals surface area contributed by atoms with Crippen molar-refractivity contribution in [3.63, 3.8) is 0 Å². The minimum atomic E-state index is -4.81. The Labute approximate surface area is 287 Å². The van der Waals surface area contributed by atoms with E-state index in [0.29, 0.717) is 5.69 Å². The average Bonchev–Trinajstić information content (AvgIpc) is 3.17. The molecule has 2 aromatic rings. The first-order chi connectivity index (χ1) is 21.1. The van der Waals surface area contributed by atoms with Gasteiger partial charge in [0.15, 0.2) is 0 Å². The average molecular weight is 857 g/mol. The molecule has 1 aromatic carbocycles. The zero-order valence-electron chi connectivity index (χ0n) is 25.2. The number of aromatic nitrogens is 1. The van der Waals surface area contributed by atoms with E-state index in [-0.39, 0.29) is 44.2 Å². The molecule has 5 amide bonds. The second kappa shape index (κ2) is 15.8. The van der Waals surface area contributed by atoms with E-state index >= 15 is 0 Å². The van der Waals surface area contributed by atoms with Crippen molar-refractivity contribution in [2.24, 2.45) is 5.41 Å². The van der Waals surface area contributed by atoms with E-state index in [4.69, 9.17) is 4.74 Å². The number of rotatable bonds is 9. The van der Waals surface area contributed by atoms with Gasteiger partial charge in [-0.1, -0.05) is 102 Å². The number of hydrogen-bond donors (Lipinski definition) is 1. The van der Waals surface area contributed by atoms with Crippen molar-refractivity contribution in [1.29, 1.82) is 0 Å². The lowest BCUT2D eigenvalue weighted by molar-refractivity contribution is -0.157. The molecule has 0 spiro atoms. The Kier molecular flexibility index (Phi) is 13.0. The van der Waals surface area contributed by atoms with Crippen molar-refractivity contribution in [1.82, 2.24) is 25.0 Å². The van der Waals surface area contributed by atoms with Crippen molar-refractivity contribution in [2.75, 3.05) is 35.2 Å². The van der Waals surface area contributed by atoms with Gasteiger partial charge < -0.3 is 19.9 Å². The summed E-state index contributed by atoms with van der Waals surface area (Å²) in [4.78, 5) is 60.3. The molecule has 2 aliphatic heterocycles. The Balaban J connectivity index is 0.00000177. The number of pyridine rings is 1. The van der Waals surface area contributed by atoms with Crippen molar-refractivity contribution in [3.8, 4) is 0 Å². The minimum absolute atomic E-state index is 0.0533. The van der Waals surface area contributed by atoms with E-state index in [0.717, 1.165) is 10.5 Å². The Morgan fingerprint density at radius 3 is 2.27 bits per heavy atom. The van der Waals surface area contributed by atoms with Gasteiger partial charge in [-0.2, -0.15) is 13.2 Å². The molecular formula is C30H36F3I2N5O5. The van der Waals surface area contributed by atoms with Gasteiger partial charge in [-0.25, -0.2) is 4.79 Å². The summed E-state index contributed by atoms with van der Waals surface area (Å²) in [6.07, 6.45) is -3.53. The van der Waals surface area contributed by atoms with Crippen LogP contribution >= 0.6 is 45.2 Å². The first-order valence-electron chi connectivity index (χ1n) is 14.1. The largest absolute Gasteiger partial charge is 0.406 e. The van der Waals surface area contributed by atoms with E-state index in [9.17, 15) is 32.3 Å². The number of nitrogens with zero attached hydrogens (tertiary/aromatic N) is 4. The van der Waals surface area contributed by atoms with Crippen molar-refractivity contribution in [3.05, 3.63) is 66.0 Å². The number of alkyl halides is 5. The van der Waals surface area contributed by atoms with Crippen LogP contribution in [0, 0.1) is 5.41 Å². The van der Waals surface area contributed by atoms with Gasteiger partial charge in [0.1, 0.15) is 18.1 Å². The third kappa shape index (κ3) is 9.73. The fourth-order valence-electron chi connectivity index (χ4n) is 5.04. The Hall–Kier alpha value is -2.54. The van der Waals surface area contributed by atoms with Crippen LogP contribution < -0.4 is 5.32 Å². The zero-order valence-corrected chi connectivity index (χ0v) is 29.5. The molecule has 10 nitrogen and oxygen atoms in total. The number of carbonyl (C=O) groups is 4. The first kappa shape index (κ1) is 36.9. The number of amides is 5. The van der Waals surface area contributed by atoms with Crippen LogP contribution in [0.1, 0.15) is 32.0 Å². The van der Waals surface area contributed by atoms with E-state index in [1.165, 1.54) is 13.5 Å². The standard InChI is InChI=1S/C29H34F3N5O5.CH2I2/c1-27(2,3)24(39)34-22(17-42-16-20-9-5-4-6-10-20)23(38)35-13-14-37-26(41)36(19-29(30,31)32)25(40)28(37,18-35)15-21-11-7-8-12-33-21;2-1-3/h4-12,22H,13-19H2,1-3H3,(H,34,39);1H2/t22-,28+;/m1./s1. The van der Waals surface area contributed by atoms with Crippen molar-refractivity contribution < 1.29 is 37.1 Å². The van der Waals surface area contributed by atoms with Gasteiger partial charge in [0.2, 0.25) is 11.8 Å². The van der Waals surface area contributed by atoms with E-state index in [2.05, 4.69) is 55.5 Å². The first-order valence-corrected chi connectivity index (χ1v) is 17.1. The SMILES string of the molecule is CC(C)(C)C(=O)N[C@H](COCc1ccccc1)C(=O)N1CCN2C(=O)N(CC(F)(F)F)C(=O)[C@]2(Cc2ccccn2)C1.ICI. The molecule has 2 fully saturated rings. The number of urea groups is 1. The van der Waals surface area contributed by atoms with Gasteiger partial charge >= 0.3 is 12.2 Å². The summed E-state index contributed by atoms with van der Waals surface area (Å²) in [7, 11) is 0. The molecule has 0 saturated carbocycles. The van der Waals surface area contributed by atoms with Gasteiger partial charge in [-0.05, 0) is 17.7 Å². The van der Waals surface area contributed by atoms with Crippen LogP contribution in [0.5, 0.6) is 0 Å². The topological polar surface area (TPSA) is 112 Å². The fourth-order valence-corrected chi connectivity index (χ4v) is 5.04. The number of halogens is 5. The number of ether oxygens (including phenoxy) is 1. The molecule has 45 heavy (non-hydrogen) atoms. The van der Waals surface area contributed by atoms with Crippen LogP contribution in [0.2, 0.25) is 0 Å². The minimum Gasteiger partial charge on any atom is -0.374 e. The smallest absolute Gasteiger partial charge is 0.374 e. The molecule has 0 radical (unpaired) electrons. The maximum atomic E-state index is 13.9. The van der Waals surface area contributed by atoms with E-state index in [1.807, 2.05) is 30.3 Å². The zero-order chi connectivity index (χ0) is 33.4. The molecule has 2 saturated heterocycles. The number of hydrogen-bond acceptors (Lipinski definition) is 6. The highest BCUT2D eigenvalue weighted by molar-refractivity contribution is 14.2. The summed E-state index contributed by atoms with van der Waals surface area (Å²) >= 11 is 4.55. The number of imide groups is 1. The van der Waals surface area contributed by atoms with E-state index in [1.54, 1.807) is 39.0 Å². The second-order valence-corrected chi connectivity index (χ2v) is 16.1. The number of benzene rings is 1. The highest BCUT2D eigenvalue weighted by atomic mass is 127. The van der Waals surface area contributed by atoms with Gasteiger partial charge in [-0.15, -0.1) is 0 Å². The summed E-state index contributed by atoms with van der Waals surface area (Å²) < 4.78 is 47.1. The molecule has 0 bridgehead atoms. The maximum absolute atomic E-state index is 13.9. The van der Waals surface area contributed by atoms with Crippen LogP contribution in [-0.4, -0.2) is 96.4 Å². The van der Waals surface area contributed by atoms with Crippen molar-refractivity contribution >= 4 is 68.9 Å². The molecule has 2 atom stereocenters. The lowest BCUT2D eigenvalue weighted by Gasteiger charge is -2.45. The molecule has 15 heteroatoms. The van der Waals surface area contributed by atoms with Crippen LogP contribution in [0.3, 0.4) is 0 Å². The monoisotopic (exact) mass is 857 g/mol. The third-order valence-electron chi connectivity index (χ3n) is 7.20. The summed E-state index contributed by atoms with van der Waals surface area (Å²) in [5, 5.41) is 2.73. The predicted octanol–water partition coefficient (Wildman–Crippen LogP) is 4.59. The van der Waals surface area contributed by atoms with Crippen LogP contribution in [0.15, 0.2) is 54.7 Å². The molecule has 1 N–H and O–H groups in total. The Morgan fingerprint density at radius 2 is 1.69 bits per heavy atom. The second-order valence-electron chi connectivity index (χ2n) is 11.6. The number of carbonyl (C=O) groups excluding carboxylic acids is 4. The molecule has 246 valence electrons. The highest BCUT2D eigenvalue weighted by Gasteiger charge is 2.61. The summed E-state index contributed by atoms with van der Waals surface area (Å²) in [5.74, 6) is -2.03. The maximum Gasteiger partial charge on any atom is 0.406 e. The molecule has 0 unspecified atom stereocenters. The number of piperazine rings is 1. The molecule has 2 aliphatic rings. The molecule has 3 heterocycles. The summed E-state index contributed by atoms with van der Waals surface area (Å²) in [5.41, 5.74) is -1.40. The van der Waals surface area contributed by atoms with Gasteiger partial charge in [0, 0.05) is 36.8 Å². The molecular weight excluding hydrogens is 821 g/mol. The predicted molar refractivity (Wildman–Crippen MR) is 178 cm³/mol. The normalized spacial score (nSPS) is 19.1. The number of fused-ring (bicyclic) bond motifs is 1. The molecule has 4 rings (SSSR count). The lowest BCUT2D eigenvalue weighted by atomic mass is 9.88. The highest BCUT2D eigenvalue weighted by Crippen LogP contribution is 2.36. The lowest BCUT2D eigenvalue weighted by Crippen LogP contribution is -2.67. The van der Waals surface area contributed by atoms with Gasteiger partial charge in [-0.3, -0.25) is 24.3 Å². The van der Waals surface area contributed by atoms with Crippen LogP contribution in [0.4, 0.5) is 18.0 Å². The number of nitrogens with one attached hydrogen (secondary N) is 1. The Morgan fingerprint density at radius 1 is 1.04 bits per heavy atom. The quantitative estimate of drug-likeness (QED) is 0.225. The van der Waals surface area contributed by atoms with Crippen LogP contribution in [-0.2, 0) is 32.1 Å². The Bertz CT molecular complexity index is 1330.